The third-order valence-corrected chi connectivity index (χ3v) is 2.36. The van der Waals surface area contributed by atoms with E-state index in [9.17, 15) is 4.79 Å². The highest BCUT2D eigenvalue weighted by Crippen LogP contribution is 2.15. The van der Waals surface area contributed by atoms with E-state index in [1.807, 2.05) is 0 Å². The number of esters is 1. The van der Waals surface area contributed by atoms with Gasteiger partial charge in [-0.2, -0.15) is 0 Å². The van der Waals surface area contributed by atoms with Crippen LogP contribution in [0.3, 0.4) is 0 Å². The Balaban J connectivity index is 2.13. The van der Waals surface area contributed by atoms with Gasteiger partial charge in [-0.05, 0) is 38.9 Å². The zero-order valence-electron chi connectivity index (χ0n) is 7.88. The van der Waals surface area contributed by atoms with Crippen LogP contribution in [0, 0.1) is 5.92 Å². The number of hydrogen-bond acceptors (Lipinski definition) is 3. The molecule has 0 aliphatic carbocycles. The van der Waals surface area contributed by atoms with E-state index < -0.39 is 0 Å². The fourth-order valence-corrected chi connectivity index (χ4v) is 1.46. The lowest BCUT2D eigenvalue weighted by molar-refractivity contribution is -0.142. The largest absolute Gasteiger partial charge is 0.466 e. The first-order chi connectivity index (χ1) is 5.68. The van der Waals surface area contributed by atoms with Crippen molar-refractivity contribution in [3.8, 4) is 0 Å². The Morgan fingerprint density at radius 3 is 2.58 bits per heavy atom. The molecule has 0 radical (unpaired) electrons. The molecule has 1 saturated heterocycles. The second-order valence-corrected chi connectivity index (χ2v) is 3.55. The predicted octanol–water partition coefficient (Wildman–Crippen LogP) is 0.891. The van der Waals surface area contributed by atoms with Crippen LogP contribution in [0.5, 0.6) is 0 Å². The van der Waals surface area contributed by atoms with Crippen LogP contribution in [-0.4, -0.2) is 37.6 Å². The molecule has 70 valence electrons. The number of carbonyl (C=O) groups is 1. The maximum Gasteiger partial charge on any atom is 0.302 e. The fourth-order valence-electron chi connectivity index (χ4n) is 1.46. The highest BCUT2D eigenvalue weighted by Gasteiger charge is 2.17. The summed E-state index contributed by atoms with van der Waals surface area (Å²) < 4.78 is 4.96. The molecule has 1 aliphatic rings. The molecule has 3 nitrogen and oxygen atoms in total. The number of likely N-dealkylation sites (tertiary alicyclic amines) is 1. The van der Waals surface area contributed by atoms with Gasteiger partial charge in [0.1, 0.15) is 0 Å². The summed E-state index contributed by atoms with van der Waals surface area (Å²) in [5.41, 5.74) is 0. The summed E-state index contributed by atoms with van der Waals surface area (Å²) in [6, 6.07) is 0. The van der Waals surface area contributed by atoms with Crippen molar-refractivity contribution >= 4 is 5.97 Å². The minimum absolute atomic E-state index is 0.158. The first-order valence-electron chi connectivity index (χ1n) is 4.50. The molecule has 1 heterocycles. The SMILES string of the molecule is CC(=O)OCC1CCN(C)CC1. The van der Waals surface area contributed by atoms with Gasteiger partial charge in [-0.3, -0.25) is 4.79 Å². The minimum atomic E-state index is -0.158. The maximum absolute atomic E-state index is 10.5. The summed E-state index contributed by atoms with van der Waals surface area (Å²) >= 11 is 0. The number of ether oxygens (including phenoxy) is 1. The standard InChI is InChI=1S/C9H17NO2/c1-8(11)12-7-9-3-5-10(2)6-4-9/h9H,3-7H2,1-2H3. The Morgan fingerprint density at radius 2 is 2.08 bits per heavy atom. The summed E-state index contributed by atoms with van der Waals surface area (Å²) in [6.07, 6.45) is 2.31. The van der Waals surface area contributed by atoms with Crippen LogP contribution < -0.4 is 0 Å². The summed E-state index contributed by atoms with van der Waals surface area (Å²) in [5.74, 6) is 0.430. The van der Waals surface area contributed by atoms with Crippen molar-refractivity contribution in [3.63, 3.8) is 0 Å². The summed E-state index contributed by atoms with van der Waals surface area (Å²) in [4.78, 5) is 12.8. The molecule has 1 aliphatic heterocycles. The van der Waals surface area contributed by atoms with Crippen molar-refractivity contribution in [2.75, 3.05) is 26.7 Å². The van der Waals surface area contributed by atoms with Crippen molar-refractivity contribution in [1.82, 2.24) is 4.90 Å². The summed E-state index contributed by atoms with van der Waals surface area (Å²) in [5, 5.41) is 0. The van der Waals surface area contributed by atoms with Crippen molar-refractivity contribution in [2.24, 2.45) is 5.92 Å². The highest BCUT2D eigenvalue weighted by molar-refractivity contribution is 5.65. The molecule has 3 heteroatoms. The Morgan fingerprint density at radius 1 is 1.50 bits per heavy atom. The van der Waals surface area contributed by atoms with E-state index >= 15 is 0 Å². The highest BCUT2D eigenvalue weighted by atomic mass is 16.5. The molecule has 0 unspecified atom stereocenters. The van der Waals surface area contributed by atoms with E-state index in [1.54, 1.807) is 0 Å². The van der Waals surface area contributed by atoms with Crippen LogP contribution in [0.15, 0.2) is 0 Å². The minimum Gasteiger partial charge on any atom is -0.466 e. The normalized spacial score (nSPS) is 20.8. The average molecular weight is 171 g/mol. The molecule has 0 saturated carbocycles. The molecule has 0 atom stereocenters. The Hall–Kier alpha value is -0.570. The monoisotopic (exact) mass is 171 g/mol. The quantitative estimate of drug-likeness (QED) is 0.578. The molecule has 0 aromatic rings. The third kappa shape index (κ3) is 3.22. The van der Waals surface area contributed by atoms with Gasteiger partial charge in [0.15, 0.2) is 0 Å². The van der Waals surface area contributed by atoms with Crippen molar-refractivity contribution in [3.05, 3.63) is 0 Å². The number of hydrogen-bond donors (Lipinski definition) is 0. The van der Waals surface area contributed by atoms with Gasteiger partial charge in [-0.15, -0.1) is 0 Å². The fraction of sp³-hybridized carbons (Fsp3) is 0.889. The Kier molecular flexibility index (Phi) is 3.53. The van der Waals surface area contributed by atoms with Crippen LogP contribution in [-0.2, 0) is 9.53 Å². The second kappa shape index (κ2) is 4.45. The Bertz CT molecular complexity index is 151. The zero-order chi connectivity index (χ0) is 8.97. The van der Waals surface area contributed by atoms with E-state index in [0.717, 1.165) is 25.9 Å². The van der Waals surface area contributed by atoms with Crippen LogP contribution in [0.2, 0.25) is 0 Å². The molecular weight excluding hydrogens is 154 g/mol. The number of carbonyl (C=O) groups excluding carboxylic acids is 1. The molecule has 1 fully saturated rings. The Labute approximate surface area is 73.7 Å². The second-order valence-electron chi connectivity index (χ2n) is 3.55. The van der Waals surface area contributed by atoms with Gasteiger partial charge in [-0.1, -0.05) is 0 Å². The van der Waals surface area contributed by atoms with E-state index in [2.05, 4.69) is 11.9 Å². The first-order valence-corrected chi connectivity index (χ1v) is 4.50. The molecule has 0 N–H and O–H groups in total. The van der Waals surface area contributed by atoms with E-state index in [0.29, 0.717) is 12.5 Å². The molecule has 1 rings (SSSR count). The average Bonchev–Trinajstić information content (AvgIpc) is 2.03. The molecule has 0 amide bonds. The van der Waals surface area contributed by atoms with Gasteiger partial charge in [0.2, 0.25) is 0 Å². The number of piperidine rings is 1. The van der Waals surface area contributed by atoms with Gasteiger partial charge in [0.05, 0.1) is 6.61 Å². The van der Waals surface area contributed by atoms with E-state index in [-0.39, 0.29) is 5.97 Å². The molecular formula is C9H17NO2. The summed E-state index contributed by atoms with van der Waals surface area (Å²) in [7, 11) is 2.13. The zero-order valence-corrected chi connectivity index (χ0v) is 7.88. The van der Waals surface area contributed by atoms with Gasteiger partial charge >= 0.3 is 5.97 Å². The number of rotatable bonds is 2. The van der Waals surface area contributed by atoms with E-state index in [1.165, 1.54) is 6.92 Å². The van der Waals surface area contributed by atoms with Crippen LogP contribution in [0.4, 0.5) is 0 Å². The van der Waals surface area contributed by atoms with Crippen LogP contribution in [0.1, 0.15) is 19.8 Å². The number of nitrogens with zero attached hydrogens (tertiary/aromatic N) is 1. The summed E-state index contributed by atoms with van der Waals surface area (Å²) in [6.45, 7) is 4.34. The van der Waals surface area contributed by atoms with Crippen molar-refractivity contribution in [2.45, 2.75) is 19.8 Å². The van der Waals surface area contributed by atoms with Crippen molar-refractivity contribution < 1.29 is 9.53 Å². The van der Waals surface area contributed by atoms with Gasteiger partial charge < -0.3 is 9.64 Å². The molecule has 0 aromatic heterocycles. The van der Waals surface area contributed by atoms with E-state index in [4.69, 9.17) is 4.74 Å². The lowest BCUT2D eigenvalue weighted by Crippen LogP contribution is -2.32. The third-order valence-electron chi connectivity index (χ3n) is 2.36. The van der Waals surface area contributed by atoms with Crippen LogP contribution >= 0.6 is 0 Å². The lowest BCUT2D eigenvalue weighted by atomic mass is 9.98. The van der Waals surface area contributed by atoms with Gasteiger partial charge in [0, 0.05) is 6.92 Å². The molecule has 0 spiro atoms. The predicted molar refractivity (Wildman–Crippen MR) is 46.9 cm³/mol. The van der Waals surface area contributed by atoms with Crippen molar-refractivity contribution in [1.29, 1.82) is 0 Å². The topological polar surface area (TPSA) is 29.5 Å². The smallest absolute Gasteiger partial charge is 0.302 e. The van der Waals surface area contributed by atoms with Crippen LogP contribution in [0.25, 0.3) is 0 Å². The molecule has 0 bridgehead atoms. The van der Waals surface area contributed by atoms with Gasteiger partial charge in [-0.25, -0.2) is 0 Å². The van der Waals surface area contributed by atoms with Gasteiger partial charge in [0.25, 0.3) is 0 Å². The molecule has 12 heavy (non-hydrogen) atoms. The lowest BCUT2D eigenvalue weighted by Gasteiger charge is -2.28. The maximum atomic E-state index is 10.5. The first kappa shape index (κ1) is 9.52. The molecule has 0 aromatic carbocycles.